The summed E-state index contributed by atoms with van der Waals surface area (Å²) in [4.78, 5) is 0. The molecule has 0 aliphatic rings. The van der Waals surface area contributed by atoms with Crippen LogP contribution in [0.1, 0.15) is 50.3 Å². The molecule has 0 aliphatic carbocycles. The van der Waals surface area contributed by atoms with Crippen LogP contribution in [0.5, 0.6) is 0 Å². The van der Waals surface area contributed by atoms with Crippen LogP contribution in [0.25, 0.3) is 0 Å². The van der Waals surface area contributed by atoms with Crippen molar-refractivity contribution in [3.63, 3.8) is 0 Å². The van der Waals surface area contributed by atoms with Crippen molar-refractivity contribution in [3.05, 3.63) is 53.1 Å². The molecule has 0 saturated carbocycles. The average molecular weight is 272 g/mol. The van der Waals surface area contributed by atoms with Crippen LogP contribution < -0.4 is 0 Å². The largest absolute Gasteiger partial charge is 0.275 e. The van der Waals surface area contributed by atoms with Crippen molar-refractivity contribution in [2.24, 2.45) is 7.05 Å². The fraction of sp³-hybridized carbons (Fsp3) is 0.353. The molecule has 1 aromatic heterocycles. The van der Waals surface area contributed by atoms with Gasteiger partial charge in [-0.2, -0.15) is 5.10 Å². The molecular formula is C17H21FN2. The molecule has 0 bridgehead atoms. The first-order valence-corrected chi connectivity index (χ1v) is 6.86. The Kier molecular flexibility index (Phi) is 5.99. The normalized spacial score (nSPS) is 9.55. The average Bonchev–Trinajstić information content (AvgIpc) is 2.84. The minimum Gasteiger partial charge on any atom is -0.275 e. The molecule has 0 unspecified atom stereocenters. The summed E-state index contributed by atoms with van der Waals surface area (Å²) < 4.78 is 15.4. The monoisotopic (exact) mass is 272 g/mol. The fourth-order valence-electron chi connectivity index (χ4n) is 1.70. The van der Waals surface area contributed by atoms with Crippen LogP contribution in [0.15, 0.2) is 30.6 Å². The summed E-state index contributed by atoms with van der Waals surface area (Å²) in [6.45, 7) is 7.94. The Morgan fingerprint density at radius 2 is 1.80 bits per heavy atom. The van der Waals surface area contributed by atoms with E-state index in [0.717, 1.165) is 11.1 Å². The first-order chi connectivity index (χ1) is 9.56. The van der Waals surface area contributed by atoms with Crippen LogP contribution in [0, 0.1) is 17.7 Å². The second-order valence-electron chi connectivity index (χ2n) is 4.54. The van der Waals surface area contributed by atoms with E-state index in [0.29, 0.717) is 5.56 Å². The van der Waals surface area contributed by atoms with Crippen LogP contribution in [0.3, 0.4) is 0 Å². The van der Waals surface area contributed by atoms with Gasteiger partial charge in [0.1, 0.15) is 5.82 Å². The minimum atomic E-state index is -0.192. The topological polar surface area (TPSA) is 17.8 Å². The van der Waals surface area contributed by atoms with Gasteiger partial charge in [0.2, 0.25) is 0 Å². The van der Waals surface area contributed by atoms with Gasteiger partial charge in [0.15, 0.2) is 0 Å². The van der Waals surface area contributed by atoms with Gasteiger partial charge in [-0.1, -0.05) is 45.6 Å². The van der Waals surface area contributed by atoms with E-state index in [1.165, 1.54) is 6.07 Å². The molecule has 20 heavy (non-hydrogen) atoms. The zero-order valence-corrected chi connectivity index (χ0v) is 12.7. The minimum absolute atomic E-state index is 0.185. The molecule has 2 rings (SSSR count). The summed E-state index contributed by atoms with van der Waals surface area (Å²) in [5.74, 6) is 5.89. The third-order valence-electron chi connectivity index (χ3n) is 2.68. The van der Waals surface area contributed by atoms with Crippen LogP contribution in [0.4, 0.5) is 4.39 Å². The van der Waals surface area contributed by atoms with Crippen molar-refractivity contribution in [1.82, 2.24) is 9.78 Å². The van der Waals surface area contributed by atoms with Gasteiger partial charge in [-0.3, -0.25) is 4.68 Å². The molecule has 106 valence electrons. The van der Waals surface area contributed by atoms with E-state index in [4.69, 9.17) is 0 Å². The number of nitrogens with zero attached hydrogens (tertiary/aromatic N) is 2. The third-order valence-corrected chi connectivity index (χ3v) is 2.68. The lowest BCUT2D eigenvalue weighted by Gasteiger charge is -2.06. The van der Waals surface area contributed by atoms with Crippen LogP contribution in [0.2, 0.25) is 0 Å². The van der Waals surface area contributed by atoms with E-state index in [1.807, 2.05) is 47.0 Å². The van der Waals surface area contributed by atoms with E-state index < -0.39 is 0 Å². The van der Waals surface area contributed by atoms with Crippen molar-refractivity contribution < 1.29 is 4.39 Å². The first kappa shape index (κ1) is 16.0. The Hall–Kier alpha value is -2.08. The number of rotatable bonds is 1. The lowest BCUT2D eigenvalue weighted by molar-refractivity contribution is 0.598. The second kappa shape index (κ2) is 7.49. The predicted molar refractivity (Wildman–Crippen MR) is 81.0 cm³/mol. The lowest BCUT2D eigenvalue weighted by atomic mass is 10.0. The quantitative estimate of drug-likeness (QED) is 0.714. The summed E-state index contributed by atoms with van der Waals surface area (Å²) >= 11 is 0. The molecule has 1 aromatic carbocycles. The second-order valence-corrected chi connectivity index (χ2v) is 4.54. The third kappa shape index (κ3) is 4.24. The SMILES string of the molecule is CC.CC(C)c1ccc(C#Cc2cnn(C)c2)cc1F. The van der Waals surface area contributed by atoms with Gasteiger partial charge in [-0.15, -0.1) is 0 Å². The summed E-state index contributed by atoms with van der Waals surface area (Å²) in [5.41, 5.74) is 2.23. The van der Waals surface area contributed by atoms with Gasteiger partial charge in [-0.05, 0) is 23.6 Å². The highest BCUT2D eigenvalue weighted by molar-refractivity contribution is 5.42. The molecule has 0 spiro atoms. The standard InChI is InChI=1S/C15H15FN2.C2H6/c1-11(2)14-7-6-12(8-15(14)16)4-5-13-9-17-18(3)10-13;1-2/h6-11H,1-3H3;1-2H3. The van der Waals surface area contributed by atoms with E-state index in [-0.39, 0.29) is 11.7 Å². The highest BCUT2D eigenvalue weighted by atomic mass is 19.1. The zero-order valence-electron chi connectivity index (χ0n) is 12.7. The van der Waals surface area contributed by atoms with Crippen molar-refractivity contribution in [2.75, 3.05) is 0 Å². The Labute approximate surface area is 120 Å². The van der Waals surface area contributed by atoms with Crippen molar-refractivity contribution in [1.29, 1.82) is 0 Å². The number of halogens is 1. The first-order valence-electron chi connectivity index (χ1n) is 6.86. The van der Waals surface area contributed by atoms with Gasteiger partial charge in [0.05, 0.1) is 11.8 Å². The number of hydrogen-bond donors (Lipinski definition) is 0. The number of hydrogen-bond acceptors (Lipinski definition) is 1. The maximum atomic E-state index is 13.7. The Morgan fingerprint density at radius 3 is 2.30 bits per heavy atom. The van der Waals surface area contributed by atoms with Gasteiger partial charge >= 0.3 is 0 Å². The van der Waals surface area contributed by atoms with Crippen LogP contribution in [-0.2, 0) is 7.05 Å². The Balaban J connectivity index is 0.000000956. The zero-order chi connectivity index (χ0) is 15.1. The van der Waals surface area contributed by atoms with Crippen molar-refractivity contribution >= 4 is 0 Å². The van der Waals surface area contributed by atoms with E-state index in [1.54, 1.807) is 16.9 Å². The number of benzene rings is 1. The van der Waals surface area contributed by atoms with Crippen LogP contribution >= 0.6 is 0 Å². The molecular weight excluding hydrogens is 251 g/mol. The molecule has 0 amide bonds. The van der Waals surface area contributed by atoms with Gasteiger partial charge in [0.25, 0.3) is 0 Å². The molecule has 0 N–H and O–H groups in total. The fourth-order valence-corrected chi connectivity index (χ4v) is 1.70. The van der Waals surface area contributed by atoms with Gasteiger partial charge < -0.3 is 0 Å². The van der Waals surface area contributed by atoms with Crippen molar-refractivity contribution in [2.45, 2.75) is 33.6 Å². The molecule has 2 aromatic rings. The lowest BCUT2D eigenvalue weighted by Crippen LogP contribution is -1.93. The Bertz CT molecular complexity index is 615. The van der Waals surface area contributed by atoms with Gasteiger partial charge in [0, 0.05) is 18.8 Å². The maximum absolute atomic E-state index is 13.7. The van der Waals surface area contributed by atoms with Crippen molar-refractivity contribution in [3.8, 4) is 11.8 Å². The molecule has 3 heteroatoms. The summed E-state index contributed by atoms with van der Waals surface area (Å²) in [6.07, 6.45) is 3.51. The maximum Gasteiger partial charge on any atom is 0.127 e. The highest BCUT2D eigenvalue weighted by Crippen LogP contribution is 2.18. The highest BCUT2D eigenvalue weighted by Gasteiger charge is 2.06. The predicted octanol–water partition coefficient (Wildman–Crippen LogP) is 4.11. The summed E-state index contributed by atoms with van der Waals surface area (Å²) in [7, 11) is 1.84. The molecule has 2 nitrogen and oxygen atoms in total. The summed E-state index contributed by atoms with van der Waals surface area (Å²) in [6, 6.07) is 5.13. The molecule has 1 heterocycles. The van der Waals surface area contributed by atoms with E-state index in [2.05, 4.69) is 16.9 Å². The molecule has 0 aliphatic heterocycles. The van der Waals surface area contributed by atoms with Crippen LogP contribution in [-0.4, -0.2) is 9.78 Å². The summed E-state index contributed by atoms with van der Waals surface area (Å²) in [5, 5.41) is 4.02. The molecule has 0 radical (unpaired) electrons. The smallest absolute Gasteiger partial charge is 0.127 e. The number of aryl methyl sites for hydroxylation is 1. The van der Waals surface area contributed by atoms with E-state index in [9.17, 15) is 4.39 Å². The van der Waals surface area contributed by atoms with E-state index >= 15 is 0 Å². The molecule has 0 atom stereocenters. The van der Waals surface area contributed by atoms with Gasteiger partial charge in [-0.25, -0.2) is 4.39 Å². The number of aromatic nitrogens is 2. The molecule has 0 fully saturated rings. The molecule has 0 saturated heterocycles. The Morgan fingerprint density at radius 1 is 1.15 bits per heavy atom.